The van der Waals surface area contributed by atoms with Gasteiger partial charge in [-0.15, -0.1) is 0 Å². The summed E-state index contributed by atoms with van der Waals surface area (Å²) >= 11 is 0. The van der Waals surface area contributed by atoms with Crippen LogP contribution >= 0.6 is 0 Å². The highest BCUT2D eigenvalue weighted by molar-refractivity contribution is 6.03. The fourth-order valence-corrected chi connectivity index (χ4v) is 3.22. The molecule has 154 valence electrons. The molecule has 3 aromatic heterocycles. The molecule has 0 unspecified atom stereocenters. The van der Waals surface area contributed by atoms with Crippen molar-refractivity contribution in [1.29, 1.82) is 0 Å². The van der Waals surface area contributed by atoms with Crippen molar-refractivity contribution in [3.8, 4) is 17.0 Å². The summed E-state index contributed by atoms with van der Waals surface area (Å²) in [4.78, 5) is 12.6. The SMILES string of the molecule is CCn1ncc(Cn2cc(NC(=O)c3cc(-c4cccc(OC)c4)n[nH]3)cn2)c1C. The molecule has 0 radical (unpaired) electrons. The highest BCUT2D eigenvalue weighted by Gasteiger charge is 2.13. The average Bonchev–Trinajstić information content (AvgIpc) is 3.50. The van der Waals surface area contributed by atoms with Gasteiger partial charge in [-0.3, -0.25) is 19.3 Å². The molecule has 0 bridgehead atoms. The maximum atomic E-state index is 12.6. The van der Waals surface area contributed by atoms with Gasteiger partial charge in [0.2, 0.25) is 0 Å². The molecule has 0 fully saturated rings. The molecule has 2 N–H and O–H groups in total. The van der Waals surface area contributed by atoms with Crippen LogP contribution in [0.25, 0.3) is 11.3 Å². The lowest BCUT2D eigenvalue weighted by Gasteiger charge is -2.03. The molecule has 0 saturated carbocycles. The van der Waals surface area contributed by atoms with E-state index < -0.39 is 0 Å². The second-order valence-electron chi connectivity index (χ2n) is 6.85. The predicted molar refractivity (Wildman–Crippen MR) is 112 cm³/mol. The molecule has 3 heterocycles. The molecular weight excluding hydrogens is 382 g/mol. The zero-order valence-corrected chi connectivity index (χ0v) is 17.1. The summed E-state index contributed by atoms with van der Waals surface area (Å²) in [6.45, 7) is 5.51. The number of methoxy groups -OCH3 is 1. The molecule has 0 aliphatic heterocycles. The number of carbonyl (C=O) groups excluding carboxylic acids is 1. The molecule has 1 amide bonds. The molecule has 0 aliphatic rings. The van der Waals surface area contributed by atoms with E-state index >= 15 is 0 Å². The number of carbonyl (C=O) groups is 1. The molecule has 1 aromatic carbocycles. The number of ether oxygens (including phenoxy) is 1. The number of aromatic amines is 1. The van der Waals surface area contributed by atoms with Crippen LogP contribution in [0.4, 0.5) is 5.69 Å². The second-order valence-corrected chi connectivity index (χ2v) is 6.85. The summed E-state index contributed by atoms with van der Waals surface area (Å²) in [6.07, 6.45) is 5.26. The molecule has 9 heteroatoms. The number of hydrogen-bond donors (Lipinski definition) is 2. The molecule has 4 rings (SSSR count). The van der Waals surface area contributed by atoms with E-state index in [1.165, 1.54) is 0 Å². The van der Waals surface area contributed by atoms with E-state index in [-0.39, 0.29) is 5.91 Å². The van der Waals surface area contributed by atoms with E-state index in [2.05, 4.69) is 32.6 Å². The normalized spacial score (nSPS) is 10.9. The van der Waals surface area contributed by atoms with Gasteiger partial charge in [-0.2, -0.15) is 15.3 Å². The Bertz CT molecular complexity index is 1170. The number of rotatable bonds is 7. The predicted octanol–water partition coefficient (Wildman–Crippen LogP) is 3.11. The molecule has 0 saturated heterocycles. The third kappa shape index (κ3) is 3.95. The fourth-order valence-electron chi connectivity index (χ4n) is 3.22. The first-order chi connectivity index (χ1) is 14.6. The number of nitrogens with zero attached hydrogens (tertiary/aromatic N) is 5. The summed E-state index contributed by atoms with van der Waals surface area (Å²) in [7, 11) is 1.61. The Morgan fingerprint density at radius 1 is 1.23 bits per heavy atom. The van der Waals surface area contributed by atoms with Gasteiger partial charge in [0, 0.05) is 29.6 Å². The number of amides is 1. The zero-order valence-electron chi connectivity index (χ0n) is 17.1. The minimum absolute atomic E-state index is 0.286. The van der Waals surface area contributed by atoms with Crippen LogP contribution in [0.15, 0.2) is 48.9 Å². The second kappa shape index (κ2) is 8.24. The van der Waals surface area contributed by atoms with Crippen LogP contribution in [0.2, 0.25) is 0 Å². The Kier molecular flexibility index (Phi) is 5.34. The van der Waals surface area contributed by atoms with Gasteiger partial charge in [-0.25, -0.2) is 0 Å². The van der Waals surface area contributed by atoms with E-state index in [4.69, 9.17) is 4.74 Å². The number of hydrogen-bond acceptors (Lipinski definition) is 5. The minimum Gasteiger partial charge on any atom is -0.497 e. The van der Waals surface area contributed by atoms with Crippen LogP contribution in [-0.2, 0) is 13.1 Å². The van der Waals surface area contributed by atoms with Crippen molar-refractivity contribution in [2.45, 2.75) is 26.9 Å². The third-order valence-corrected chi connectivity index (χ3v) is 4.92. The Morgan fingerprint density at radius 2 is 2.10 bits per heavy atom. The van der Waals surface area contributed by atoms with Crippen molar-refractivity contribution in [3.63, 3.8) is 0 Å². The van der Waals surface area contributed by atoms with Gasteiger partial charge in [0.15, 0.2) is 0 Å². The van der Waals surface area contributed by atoms with Gasteiger partial charge in [0.25, 0.3) is 5.91 Å². The highest BCUT2D eigenvalue weighted by Crippen LogP contribution is 2.23. The first-order valence-electron chi connectivity index (χ1n) is 9.62. The summed E-state index contributed by atoms with van der Waals surface area (Å²) in [5.74, 6) is 0.444. The number of anilines is 1. The topological polar surface area (TPSA) is 103 Å². The van der Waals surface area contributed by atoms with E-state index in [1.54, 1.807) is 30.3 Å². The van der Waals surface area contributed by atoms with E-state index in [0.717, 1.165) is 29.1 Å². The Balaban J connectivity index is 1.43. The number of benzene rings is 1. The molecule has 0 atom stereocenters. The molecule has 4 aromatic rings. The standard InChI is InChI=1S/C21H23N7O2/c1-4-28-14(2)16(10-23-28)12-27-13-17(11-22-27)24-21(29)20-9-19(25-26-20)15-6-5-7-18(8-15)30-3/h5-11,13H,4,12H2,1-3H3,(H,24,29)(H,25,26). The van der Waals surface area contributed by atoms with Crippen LogP contribution < -0.4 is 10.1 Å². The summed E-state index contributed by atoms with van der Waals surface area (Å²) < 4.78 is 8.95. The van der Waals surface area contributed by atoms with Crippen LogP contribution in [0.1, 0.15) is 28.7 Å². The zero-order chi connectivity index (χ0) is 21.1. The number of aryl methyl sites for hydroxylation is 1. The fraction of sp³-hybridized carbons (Fsp3) is 0.238. The lowest BCUT2D eigenvalue weighted by Crippen LogP contribution is -2.11. The summed E-state index contributed by atoms with van der Waals surface area (Å²) in [5.41, 5.74) is 4.70. The molecule has 9 nitrogen and oxygen atoms in total. The number of aromatic nitrogens is 6. The van der Waals surface area contributed by atoms with Crippen molar-refractivity contribution in [2.24, 2.45) is 0 Å². The Hall–Kier alpha value is -3.88. The summed E-state index contributed by atoms with van der Waals surface area (Å²) in [6, 6.07) is 9.22. The smallest absolute Gasteiger partial charge is 0.273 e. The first-order valence-corrected chi connectivity index (χ1v) is 9.62. The van der Waals surface area contributed by atoms with Crippen LogP contribution in [-0.4, -0.2) is 42.8 Å². The Labute approximate surface area is 173 Å². The molecular formula is C21H23N7O2. The van der Waals surface area contributed by atoms with Gasteiger partial charge < -0.3 is 10.1 Å². The number of nitrogens with one attached hydrogen (secondary N) is 2. The van der Waals surface area contributed by atoms with Crippen molar-refractivity contribution >= 4 is 11.6 Å². The molecule has 30 heavy (non-hydrogen) atoms. The van der Waals surface area contributed by atoms with Gasteiger partial charge in [0.05, 0.1) is 37.4 Å². The van der Waals surface area contributed by atoms with Crippen LogP contribution in [0.5, 0.6) is 5.75 Å². The van der Waals surface area contributed by atoms with E-state index in [9.17, 15) is 4.79 Å². The van der Waals surface area contributed by atoms with Crippen molar-refractivity contribution < 1.29 is 9.53 Å². The lowest BCUT2D eigenvalue weighted by atomic mass is 10.1. The van der Waals surface area contributed by atoms with Gasteiger partial charge >= 0.3 is 0 Å². The largest absolute Gasteiger partial charge is 0.497 e. The molecule has 0 aliphatic carbocycles. The summed E-state index contributed by atoms with van der Waals surface area (Å²) in [5, 5.41) is 18.5. The Morgan fingerprint density at radius 3 is 2.87 bits per heavy atom. The van der Waals surface area contributed by atoms with Gasteiger partial charge in [-0.05, 0) is 32.0 Å². The lowest BCUT2D eigenvalue weighted by molar-refractivity contribution is 0.102. The van der Waals surface area contributed by atoms with E-state index in [0.29, 0.717) is 23.6 Å². The quantitative estimate of drug-likeness (QED) is 0.492. The van der Waals surface area contributed by atoms with Crippen molar-refractivity contribution in [3.05, 3.63) is 65.9 Å². The molecule has 0 spiro atoms. The minimum atomic E-state index is -0.286. The van der Waals surface area contributed by atoms with Crippen molar-refractivity contribution in [1.82, 2.24) is 29.8 Å². The monoisotopic (exact) mass is 405 g/mol. The number of H-pyrrole nitrogens is 1. The van der Waals surface area contributed by atoms with Gasteiger partial charge in [-0.1, -0.05) is 12.1 Å². The van der Waals surface area contributed by atoms with E-state index in [1.807, 2.05) is 42.1 Å². The van der Waals surface area contributed by atoms with Crippen LogP contribution in [0.3, 0.4) is 0 Å². The first kappa shape index (κ1) is 19.4. The maximum absolute atomic E-state index is 12.6. The van der Waals surface area contributed by atoms with Crippen molar-refractivity contribution in [2.75, 3.05) is 12.4 Å². The maximum Gasteiger partial charge on any atom is 0.273 e. The van der Waals surface area contributed by atoms with Gasteiger partial charge in [0.1, 0.15) is 11.4 Å². The third-order valence-electron chi connectivity index (χ3n) is 4.92. The average molecular weight is 405 g/mol. The highest BCUT2D eigenvalue weighted by atomic mass is 16.5. The van der Waals surface area contributed by atoms with Crippen LogP contribution in [0, 0.1) is 6.92 Å².